The Labute approximate surface area is 120 Å². The van der Waals surface area contributed by atoms with E-state index in [1.807, 2.05) is 30.3 Å². The highest BCUT2D eigenvalue weighted by molar-refractivity contribution is 6.04. The number of nitrogens with zero attached hydrogens (tertiary/aromatic N) is 1. The van der Waals surface area contributed by atoms with Crippen LogP contribution in [0.15, 0.2) is 35.5 Å². The second kappa shape index (κ2) is 7.08. The third-order valence-corrected chi connectivity index (χ3v) is 3.79. The van der Waals surface area contributed by atoms with Crippen molar-refractivity contribution in [2.24, 2.45) is 11.1 Å². The van der Waals surface area contributed by atoms with Gasteiger partial charge in [0.1, 0.15) is 0 Å². The largest absolute Gasteiger partial charge is 0.382 e. The lowest BCUT2D eigenvalue weighted by Crippen LogP contribution is -2.37. The molecule has 0 aromatic heterocycles. The zero-order valence-corrected chi connectivity index (χ0v) is 12.1. The molecule has 108 valence electrons. The first-order chi connectivity index (χ1) is 9.74. The van der Waals surface area contributed by atoms with Gasteiger partial charge in [-0.25, -0.2) is 0 Å². The Kier molecular flexibility index (Phi) is 5.16. The van der Waals surface area contributed by atoms with Crippen LogP contribution in [0.1, 0.15) is 38.7 Å². The molecular weight excluding hydrogens is 252 g/mol. The van der Waals surface area contributed by atoms with Crippen molar-refractivity contribution in [3.63, 3.8) is 0 Å². The normalized spacial score (nSPS) is 17.8. The second-order valence-electron chi connectivity index (χ2n) is 5.13. The lowest BCUT2D eigenvalue weighted by atomic mass is 10.0. The average Bonchev–Trinajstić information content (AvgIpc) is 2.99. The fourth-order valence-electron chi connectivity index (χ4n) is 2.26. The predicted molar refractivity (Wildman–Crippen MR) is 79.6 cm³/mol. The van der Waals surface area contributed by atoms with Crippen LogP contribution in [0.3, 0.4) is 0 Å². The molecule has 0 aliphatic carbocycles. The number of rotatable bonds is 6. The van der Waals surface area contributed by atoms with Gasteiger partial charge in [-0.3, -0.25) is 4.79 Å². The van der Waals surface area contributed by atoms with E-state index in [4.69, 9.17) is 4.84 Å². The molecule has 20 heavy (non-hydrogen) atoms. The molecule has 1 aliphatic heterocycles. The molecule has 0 fully saturated rings. The van der Waals surface area contributed by atoms with E-state index >= 15 is 0 Å². The van der Waals surface area contributed by atoms with Crippen LogP contribution in [-0.2, 0) is 9.63 Å². The second-order valence-corrected chi connectivity index (χ2v) is 5.13. The van der Waals surface area contributed by atoms with Crippen molar-refractivity contribution < 1.29 is 9.63 Å². The van der Waals surface area contributed by atoms with Crippen LogP contribution in [0.4, 0.5) is 0 Å². The Balaban J connectivity index is 1.84. The number of hydrogen-bond acceptors (Lipinski definition) is 3. The lowest BCUT2D eigenvalue weighted by Gasteiger charge is -2.15. The van der Waals surface area contributed by atoms with Gasteiger partial charge in [-0.2, -0.15) is 0 Å². The molecule has 1 heterocycles. The van der Waals surface area contributed by atoms with E-state index in [0.717, 1.165) is 24.1 Å². The summed E-state index contributed by atoms with van der Waals surface area (Å²) >= 11 is 0. The fourth-order valence-corrected chi connectivity index (χ4v) is 2.26. The van der Waals surface area contributed by atoms with E-state index in [2.05, 4.69) is 24.3 Å². The zero-order valence-electron chi connectivity index (χ0n) is 12.1. The number of amides is 1. The summed E-state index contributed by atoms with van der Waals surface area (Å²) in [6.07, 6.45) is 2.21. The molecule has 0 saturated carbocycles. The maximum absolute atomic E-state index is 12.0. The highest BCUT2D eigenvalue weighted by atomic mass is 16.6. The molecule has 1 N–H and O–H groups in total. The van der Waals surface area contributed by atoms with Crippen LogP contribution in [-0.4, -0.2) is 24.3 Å². The van der Waals surface area contributed by atoms with Crippen LogP contribution < -0.4 is 5.32 Å². The maximum atomic E-state index is 12.0. The van der Waals surface area contributed by atoms with Crippen molar-refractivity contribution in [1.82, 2.24) is 5.32 Å². The highest BCUT2D eigenvalue weighted by Gasteiger charge is 2.28. The minimum atomic E-state index is -0.487. The number of oxime groups is 1. The SMILES string of the molecule is CCC(CC)CNC(=O)C1CC(c2ccccc2)=NO1. The molecule has 1 aromatic carbocycles. The van der Waals surface area contributed by atoms with Crippen molar-refractivity contribution >= 4 is 11.6 Å². The monoisotopic (exact) mass is 274 g/mol. The molecule has 4 heteroatoms. The van der Waals surface area contributed by atoms with E-state index < -0.39 is 6.10 Å². The zero-order chi connectivity index (χ0) is 14.4. The Morgan fingerprint density at radius 2 is 2.05 bits per heavy atom. The quantitative estimate of drug-likeness (QED) is 0.867. The van der Waals surface area contributed by atoms with Crippen molar-refractivity contribution in [3.8, 4) is 0 Å². The summed E-state index contributed by atoms with van der Waals surface area (Å²) in [5.74, 6) is 0.474. The van der Waals surface area contributed by atoms with Gasteiger partial charge in [0, 0.05) is 13.0 Å². The Bertz CT molecular complexity index is 467. The molecule has 1 amide bonds. The van der Waals surface area contributed by atoms with Gasteiger partial charge in [0.05, 0.1) is 5.71 Å². The summed E-state index contributed by atoms with van der Waals surface area (Å²) < 4.78 is 0. The van der Waals surface area contributed by atoms with Gasteiger partial charge in [-0.1, -0.05) is 62.2 Å². The van der Waals surface area contributed by atoms with Crippen LogP contribution in [0.5, 0.6) is 0 Å². The molecule has 2 rings (SSSR count). The minimum Gasteiger partial charge on any atom is -0.382 e. The lowest BCUT2D eigenvalue weighted by molar-refractivity contribution is -0.131. The van der Waals surface area contributed by atoms with Crippen LogP contribution in [0.2, 0.25) is 0 Å². The summed E-state index contributed by atoms with van der Waals surface area (Å²) in [5.41, 5.74) is 1.86. The van der Waals surface area contributed by atoms with Gasteiger partial charge in [-0.05, 0) is 11.5 Å². The van der Waals surface area contributed by atoms with E-state index in [1.54, 1.807) is 0 Å². The van der Waals surface area contributed by atoms with Crippen molar-refractivity contribution in [3.05, 3.63) is 35.9 Å². The van der Waals surface area contributed by atoms with Crippen LogP contribution in [0, 0.1) is 5.92 Å². The number of nitrogens with one attached hydrogen (secondary N) is 1. The minimum absolute atomic E-state index is 0.0634. The molecule has 0 radical (unpaired) electrons. The highest BCUT2D eigenvalue weighted by Crippen LogP contribution is 2.17. The molecule has 4 nitrogen and oxygen atoms in total. The third-order valence-electron chi connectivity index (χ3n) is 3.79. The number of hydrogen-bond donors (Lipinski definition) is 1. The van der Waals surface area contributed by atoms with Gasteiger partial charge in [0.2, 0.25) is 6.10 Å². The van der Waals surface area contributed by atoms with E-state index in [-0.39, 0.29) is 5.91 Å². The first-order valence-corrected chi connectivity index (χ1v) is 7.30. The van der Waals surface area contributed by atoms with Gasteiger partial charge in [-0.15, -0.1) is 0 Å². The Morgan fingerprint density at radius 1 is 1.35 bits per heavy atom. The van der Waals surface area contributed by atoms with Crippen LogP contribution >= 0.6 is 0 Å². The van der Waals surface area contributed by atoms with E-state index in [9.17, 15) is 4.79 Å². The van der Waals surface area contributed by atoms with Crippen molar-refractivity contribution in [1.29, 1.82) is 0 Å². The van der Waals surface area contributed by atoms with Gasteiger partial charge in [0.25, 0.3) is 5.91 Å². The van der Waals surface area contributed by atoms with E-state index in [1.165, 1.54) is 0 Å². The predicted octanol–water partition coefficient (Wildman–Crippen LogP) is 2.73. The molecule has 1 atom stereocenters. The summed E-state index contributed by atoms with van der Waals surface area (Å²) in [7, 11) is 0. The smallest absolute Gasteiger partial charge is 0.264 e. The van der Waals surface area contributed by atoms with Gasteiger partial charge >= 0.3 is 0 Å². The first-order valence-electron chi connectivity index (χ1n) is 7.30. The molecule has 1 aliphatic rings. The summed E-state index contributed by atoms with van der Waals surface area (Å²) in [5, 5.41) is 6.99. The molecule has 1 unspecified atom stereocenters. The number of benzene rings is 1. The molecule has 0 spiro atoms. The summed E-state index contributed by atoms with van der Waals surface area (Å²) in [6.45, 7) is 5.00. The van der Waals surface area contributed by atoms with Gasteiger partial charge < -0.3 is 10.2 Å². The first kappa shape index (κ1) is 14.6. The summed E-state index contributed by atoms with van der Waals surface area (Å²) in [6, 6.07) is 9.83. The average molecular weight is 274 g/mol. The number of carbonyl (C=O) groups is 1. The topological polar surface area (TPSA) is 50.7 Å². The van der Waals surface area contributed by atoms with Crippen molar-refractivity contribution in [2.45, 2.75) is 39.2 Å². The van der Waals surface area contributed by atoms with E-state index in [0.29, 0.717) is 18.9 Å². The van der Waals surface area contributed by atoms with Crippen molar-refractivity contribution in [2.75, 3.05) is 6.54 Å². The Morgan fingerprint density at radius 3 is 2.70 bits per heavy atom. The Hall–Kier alpha value is -1.84. The molecule has 1 aromatic rings. The molecule has 0 bridgehead atoms. The molecule has 0 saturated heterocycles. The third kappa shape index (κ3) is 3.59. The number of carbonyl (C=O) groups excluding carboxylic acids is 1. The standard InChI is InChI=1S/C16H22N2O2/c1-3-12(4-2)11-17-16(19)15-10-14(18-20-15)13-8-6-5-7-9-13/h5-9,12,15H,3-4,10-11H2,1-2H3,(H,17,19). The van der Waals surface area contributed by atoms with Crippen LogP contribution in [0.25, 0.3) is 0 Å². The van der Waals surface area contributed by atoms with Gasteiger partial charge in [0.15, 0.2) is 0 Å². The maximum Gasteiger partial charge on any atom is 0.264 e. The summed E-state index contributed by atoms with van der Waals surface area (Å²) in [4.78, 5) is 17.3. The molecular formula is C16H22N2O2. The fraction of sp³-hybridized carbons (Fsp3) is 0.500.